The fraction of sp³-hybridized carbons (Fsp3) is 0.385. The van der Waals surface area contributed by atoms with E-state index >= 15 is 0 Å². The van der Waals surface area contributed by atoms with Gasteiger partial charge in [0.2, 0.25) is 11.8 Å². The van der Waals surface area contributed by atoms with Crippen LogP contribution in [0, 0.1) is 0 Å². The quantitative estimate of drug-likeness (QED) is 0.152. The molecule has 0 bridgehead atoms. The molecule has 0 heterocycles. The van der Waals surface area contributed by atoms with Crippen LogP contribution in [0.1, 0.15) is 17.2 Å². The van der Waals surface area contributed by atoms with Crippen LogP contribution in [-0.2, 0) is 25.6 Å². The number of nitrogens with zero attached hydrogens (tertiary/aromatic N) is 1. The van der Waals surface area contributed by atoms with Crippen LogP contribution in [-0.4, -0.2) is 90.9 Å². The number of carbonyl (C=O) groups is 4. The number of hydrogen-bond acceptors (Lipinski definition) is 9. The number of phenolic OH excluding ortho intramolecular Hbond substituents is 1. The topological polar surface area (TPSA) is 174 Å². The summed E-state index contributed by atoms with van der Waals surface area (Å²) >= 11 is 0. The first kappa shape index (κ1) is 29.6. The van der Waals surface area contributed by atoms with Gasteiger partial charge in [-0.25, -0.2) is 0 Å². The summed E-state index contributed by atoms with van der Waals surface area (Å²) in [6.07, 6.45) is 1.43. The molecule has 2 rings (SSSR count). The first-order valence-corrected chi connectivity index (χ1v) is 11.9. The zero-order valence-corrected chi connectivity index (χ0v) is 20.7. The molecule has 1 unspecified atom stereocenters. The number of likely N-dealkylation sites (N-methyl/N-ethyl adjacent to an activating group) is 1. The van der Waals surface area contributed by atoms with Crippen molar-refractivity contribution in [1.29, 1.82) is 0 Å². The van der Waals surface area contributed by atoms with Crippen LogP contribution in [0.25, 0.3) is 0 Å². The molecule has 7 N–H and O–H groups in total. The fourth-order valence-corrected chi connectivity index (χ4v) is 3.74. The second-order valence-electron chi connectivity index (χ2n) is 8.56. The smallest absolute Gasteiger partial charge is 0.237 e. The van der Waals surface area contributed by atoms with Crippen LogP contribution >= 0.6 is 0 Å². The fourth-order valence-electron chi connectivity index (χ4n) is 3.74. The van der Waals surface area contributed by atoms with Crippen LogP contribution in [0.3, 0.4) is 0 Å². The summed E-state index contributed by atoms with van der Waals surface area (Å²) in [5, 5.41) is 27.0. The van der Waals surface area contributed by atoms with E-state index < -0.39 is 36.0 Å². The van der Waals surface area contributed by atoms with Crippen molar-refractivity contribution in [3.8, 4) is 5.75 Å². The van der Waals surface area contributed by atoms with Gasteiger partial charge in [0.05, 0.1) is 31.3 Å². The summed E-state index contributed by atoms with van der Waals surface area (Å²) < 4.78 is 0. The lowest BCUT2D eigenvalue weighted by Gasteiger charge is -2.32. The molecule has 2 amide bonds. The zero-order chi connectivity index (χ0) is 27.2. The molecule has 0 aliphatic carbocycles. The van der Waals surface area contributed by atoms with Gasteiger partial charge in [0.15, 0.2) is 0 Å². The third kappa shape index (κ3) is 9.39. The van der Waals surface area contributed by atoms with Crippen molar-refractivity contribution < 1.29 is 29.4 Å². The van der Waals surface area contributed by atoms with E-state index in [1.807, 2.05) is 30.3 Å². The van der Waals surface area contributed by atoms with Crippen LogP contribution in [0.5, 0.6) is 5.75 Å². The van der Waals surface area contributed by atoms with E-state index in [9.17, 15) is 29.4 Å². The van der Waals surface area contributed by atoms with E-state index in [4.69, 9.17) is 5.73 Å². The van der Waals surface area contributed by atoms with Gasteiger partial charge < -0.3 is 46.4 Å². The highest BCUT2D eigenvalue weighted by atomic mass is 16.3. The Bertz CT molecular complexity index is 1000. The molecule has 0 aliphatic rings. The number of aromatic hydroxyl groups is 1. The van der Waals surface area contributed by atoms with E-state index in [0.717, 1.165) is 11.1 Å². The van der Waals surface area contributed by atoms with Gasteiger partial charge in [-0.05, 0) is 29.7 Å². The van der Waals surface area contributed by atoms with Gasteiger partial charge in [-0.15, -0.1) is 0 Å². The predicted molar refractivity (Wildman–Crippen MR) is 138 cm³/mol. The molecule has 0 fully saturated rings. The molecule has 0 aliphatic heterocycles. The maximum absolute atomic E-state index is 12.8. The maximum Gasteiger partial charge on any atom is 0.237 e. The Morgan fingerprint density at radius 3 is 2.32 bits per heavy atom. The molecular weight excluding hydrogens is 478 g/mol. The summed E-state index contributed by atoms with van der Waals surface area (Å²) in [7, 11) is 1.50. The standard InChI is InChI=1S/C26H35N5O6/c1-31(23(17-34)25(29-11-12-32)19-5-3-2-4-6-19)24(36)15-28-14-20(16-33)30-26(37)22(27)13-18-7-9-21(35)10-8-18/h2-10,16-17,20,22-23,25,28-29,32,35H,11-15,27H2,1H3,(H,30,37)/t20-,22+,23-,25?/m1/s1. The molecule has 0 radical (unpaired) electrons. The van der Waals surface area contributed by atoms with Gasteiger partial charge in [-0.3, -0.25) is 9.59 Å². The highest BCUT2D eigenvalue weighted by Crippen LogP contribution is 2.19. The van der Waals surface area contributed by atoms with Crippen LogP contribution in [0.15, 0.2) is 54.6 Å². The molecule has 0 saturated heterocycles. The summed E-state index contributed by atoms with van der Waals surface area (Å²) in [4.78, 5) is 49.9. The van der Waals surface area contributed by atoms with Crippen molar-refractivity contribution in [1.82, 2.24) is 20.9 Å². The van der Waals surface area contributed by atoms with E-state index in [1.165, 1.54) is 24.1 Å². The van der Waals surface area contributed by atoms with E-state index in [-0.39, 0.29) is 38.4 Å². The predicted octanol–water partition coefficient (Wildman–Crippen LogP) is -1.12. The number of phenols is 1. The summed E-state index contributed by atoms with van der Waals surface area (Å²) in [6, 6.07) is 12.2. The highest BCUT2D eigenvalue weighted by Gasteiger charge is 2.29. The van der Waals surface area contributed by atoms with Crippen molar-refractivity contribution in [3.05, 3.63) is 65.7 Å². The minimum atomic E-state index is -0.915. The first-order valence-electron chi connectivity index (χ1n) is 11.9. The zero-order valence-electron chi connectivity index (χ0n) is 20.7. The Morgan fingerprint density at radius 2 is 1.73 bits per heavy atom. The number of amides is 2. The SMILES string of the molecule is CN(C(=O)CNC[C@H](C=O)NC(=O)[C@@H](N)Cc1ccc(O)cc1)[C@H](C=O)C(NCCO)c1ccccc1. The van der Waals surface area contributed by atoms with E-state index in [0.29, 0.717) is 12.6 Å². The average molecular weight is 514 g/mol. The number of aliphatic hydroxyl groups is 1. The second-order valence-corrected chi connectivity index (χ2v) is 8.56. The number of rotatable bonds is 16. The number of aliphatic hydroxyl groups excluding tert-OH is 1. The van der Waals surface area contributed by atoms with Crippen LogP contribution < -0.4 is 21.7 Å². The summed E-state index contributed by atoms with van der Waals surface area (Å²) in [5.74, 6) is -0.827. The Balaban J connectivity index is 1.89. The number of benzene rings is 2. The summed E-state index contributed by atoms with van der Waals surface area (Å²) in [6.45, 7) is -0.0925. The second kappa shape index (κ2) is 15.5. The third-order valence-corrected chi connectivity index (χ3v) is 5.82. The van der Waals surface area contributed by atoms with Crippen LogP contribution in [0.2, 0.25) is 0 Å². The van der Waals surface area contributed by atoms with Crippen molar-refractivity contribution in [2.24, 2.45) is 5.73 Å². The lowest BCUT2D eigenvalue weighted by Crippen LogP contribution is -2.52. The molecule has 0 spiro atoms. The highest BCUT2D eigenvalue weighted by molar-refractivity contribution is 5.85. The number of carbonyl (C=O) groups excluding carboxylic acids is 4. The maximum atomic E-state index is 12.8. The molecule has 11 heteroatoms. The van der Waals surface area contributed by atoms with Gasteiger partial charge >= 0.3 is 0 Å². The number of nitrogens with two attached hydrogens (primary N) is 1. The van der Waals surface area contributed by atoms with Crippen molar-refractivity contribution in [3.63, 3.8) is 0 Å². The lowest BCUT2D eigenvalue weighted by atomic mass is 9.99. The molecule has 37 heavy (non-hydrogen) atoms. The molecule has 4 atom stereocenters. The van der Waals surface area contributed by atoms with Gasteiger partial charge in [-0.2, -0.15) is 0 Å². The van der Waals surface area contributed by atoms with Gasteiger partial charge in [0.25, 0.3) is 0 Å². The third-order valence-electron chi connectivity index (χ3n) is 5.82. The minimum absolute atomic E-state index is 0.0165. The molecule has 11 nitrogen and oxygen atoms in total. The minimum Gasteiger partial charge on any atom is -0.508 e. The van der Waals surface area contributed by atoms with Gasteiger partial charge in [0, 0.05) is 20.1 Å². The molecule has 2 aromatic carbocycles. The number of nitrogens with one attached hydrogen (secondary N) is 3. The molecular formula is C26H35N5O6. The normalized spacial score (nSPS) is 14.1. The van der Waals surface area contributed by atoms with Crippen molar-refractivity contribution in [2.75, 3.05) is 33.3 Å². The largest absolute Gasteiger partial charge is 0.508 e. The van der Waals surface area contributed by atoms with E-state index in [1.54, 1.807) is 12.1 Å². The number of hydrogen-bond donors (Lipinski definition) is 6. The molecule has 0 saturated carbocycles. The average Bonchev–Trinajstić information content (AvgIpc) is 2.91. The monoisotopic (exact) mass is 513 g/mol. The van der Waals surface area contributed by atoms with Crippen molar-refractivity contribution in [2.45, 2.75) is 30.6 Å². The summed E-state index contributed by atoms with van der Waals surface area (Å²) in [5.41, 5.74) is 7.48. The Hall–Kier alpha value is -3.64. The van der Waals surface area contributed by atoms with Gasteiger partial charge in [-0.1, -0.05) is 42.5 Å². The Morgan fingerprint density at radius 1 is 1.05 bits per heavy atom. The number of aldehydes is 2. The molecule has 2 aromatic rings. The molecule has 200 valence electrons. The van der Waals surface area contributed by atoms with Gasteiger partial charge in [0.1, 0.15) is 24.4 Å². The van der Waals surface area contributed by atoms with E-state index in [2.05, 4.69) is 16.0 Å². The van der Waals surface area contributed by atoms with Crippen LogP contribution in [0.4, 0.5) is 0 Å². The first-order chi connectivity index (χ1) is 17.8. The van der Waals surface area contributed by atoms with Crippen molar-refractivity contribution >= 4 is 24.4 Å². The Kier molecular flexibility index (Phi) is 12.4. The molecule has 0 aromatic heterocycles. The lowest BCUT2D eigenvalue weighted by molar-refractivity contribution is -0.134. The Labute approximate surface area is 216 Å².